The third-order valence-electron chi connectivity index (χ3n) is 5.61. The molecule has 9 heteroatoms. The minimum absolute atomic E-state index is 0.0788. The highest BCUT2D eigenvalue weighted by atomic mass is 32.2. The van der Waals surface area contributed by atoms with Crippen molar-refractivity contribution < 1.29 is 23.1 Å². The zero-order chi connectivity index (χ0) is 20.4. The van der Waals surface area contributed by atoms with Gasteiger partial charge in [-0.3, -0.25) is 14.3 Å². The molecule has 2 fully saturated rings. The largest absolute Gasteiger partial charge is 0.481 e. The van der Waals surface area contributed by atoms with E-state index >= 15 is 0 Å². The van der Waals surface area contributed by atoms with Gasteiger partial charge < -0.3 is 10.0 Å². The molecule has 2 saturated heterocycles. The lowest BCUT2D eigenvalue weighted by Crippen LogP contribution is -2.69. The third kappa shape index (κ3) is 2.96. The van der Waals surface area contributed by atoms with Crippen molar-refractivity contribution in [3.63, 3.8) is 0 Å². The molecule has 0 radical (unpaired) electrons. The Labute approximate surface area is 159 Å². The molecule has 1 spiro atoms. The van der Waals surface area contributed by atoms with Gasteiger partial charge >= 0.3 is 5.97 Å². The Kier molecular flexibility index (Phi) is 4.45. The number of carboxylic acid groups (broad SMARTS) is 1. The van der Waals surface area contributed by atoms with Crippen LogP contribution in [0.3, 0.4) is 0 Å². The highest BCUT2D eigenvalue weighted by Gasteiger charge is 2.65. The first-order chi connectivity index (χ1) is 12.3. The van der Waals surface area contributed by atoms with E-state index in [-0.39, 0.29) is 48.3 Å². The van der Waals surface area contributed by atoms with Gasteiger partial charge in [-0.25, -0.2) is 8.42 Å². The molecule has 1 amide bonds. The van der Waals surface area contributed by atoms with E-state index in [4.69, 9.17) is 0 Å². The van der Waals surface area contributed by atoms with E-state index in [0.29, 0.717) is 0 Å². The standard InChI is InChI=1S/C18H27N3O5S/c1-11(2)14-8-13(19-21(14)17(3,4)5)15(22)20-9-18(10-20)12(16(23)24)6-7-27(18,25)26/h8,11-12H,6-7,9-10H2,1-5H3,(H,23,24). The van der Waals surface area contributed by atoms with E-state index in [0.717, 1.165) is 5.69 Å². The quantitative estimate of drug-likeness (QED) is 0.827. The summed E-state index contributed by atoms with van der Waals surface area (Å²) in [5.74, 6) is -2.38. The van der Waals surface area contributed by atoms with Gasteiger partial charge in [0.2, 0.25) is 0 Å². The van der Waals surface area contributed by atoms with Crippen LogP contribution in [-0.4, -0.2) is 63.7 Å². The Morgan fingerprint density at radius 1 is 1.30 bits per heavy atom. The number of sulfone groups is 1. The minimum atomic E-state index is -3.53. The molecular formula is C18H27N3O5S. The van der Waals surface area contributed by atoms with E-state index in [1.807, 2.05) is 39.3 Å². The first kappa shape index (κ1) is 19.9. The highest BCUT2D eigenvalue weighted by Crippen LogP contribution is 2.45. The molecule has 1 unspecified atom stereocenters. The Bertz CT molecular complexity index is 889. The molecule has 0 aromatic carbocycles. The molecule has 3 rings (SSSR count). The van der Waals surface area contributed by atoms with Crippen LogP contribution in [0.25, 0.3) is 0 Å². The second kappa shape index (κ2) is 6.05. The molecule has 2 aliphatic heterocycles. The summed E-state index contributed by atoms with van der Waals surface area (Å²) in [6.45, 7) is 9.89. The number of rotatable bonds is 3. The lowest BCUT2D eigenvalue weighted by molar-refractivity contribution is -0.144. The minimum Gasteiger partial charge on any atom is -0.481 e. The number of nitrogens with zero attached hydrogens (tertiary/aromatic N) is 3. The van der Waals surface area contributed by atoms with Crippen LogP contribution >= 0.6 is 0 Å². The lowest BCUT2D eigenvalue weighted by atomic mass is 9.83. The number of amides is 1. The molecule has 1 atom stereocenters. The summed E-state index contributed by atoms with van der Waals surface area (Å²) >= 11 is 0. The molecule has 0 bridgehead atoms. The Hall–Kier alpha value is -1.90. The maximum absolute atomic E-state index is 12.9. The van der Waals surface area contributed by atoms with Crippen molar-refractivity contribution in [2.45, 2.75) is 57.2 Å². The number of likely N-dealkylation sites (tertiary alicyclic amines) is 1. The predicted molar refractivity (Wildman–Crippen MR) is 99.5 cm³/mol. The highest BCUT2D eigenvalue weighted by molar-refractivity contribution is 7.93. The van der Waals surface area contributed by atoms with Crippen molar-refractivity contribution in [1.82, 2.24) is 14.7 Å². The van der Waals surface area contributed by atoms with Gasteiger partial charge in [0.1, 0.15) is 4.75 Å². The predicted octanol–water partition coefficient (Wildman–Crippen LogP) is 1.48. The van der Waals surface area contributed by atoms with Crippen LogP contribution in [0.2, 0.25) is 0 Å². The second-order valence-corrected chi connectivity index (χ2v) is 11.4. The molecule has 8 nitrogen and oxygen atoms in total. The Balaban J connectivity index is 1.87. The van der Waals surface area contributed by atoms with Crippen molar-refractivity contribution in [3.8, 4) is 0 Å². The molecule has 27 heavy (non-hydrogen) atoms. The van der Waals surface area contributed by atoms with Crippen LogP contribution in [0.1, 0.15) is 63.1 Å². The molecule has 0 aliphatic carbocycles. The summed E-state index contributed by atoms with van der Waals surface area (Å²) in [5.41, 5.74) is 0.904. The third-order valence-corrected chi connectivity index (χ3v) is 8.17. The van der Waals surface area contributed by atoms with Crippen LogP contribution < -0.4 is 0 Å². The summed E-state index contributed by atoms with van der Waals surface area (Å²) in [7, 11) is -3.53. The molecule has 1 aromatic heterocycles. The van der Waals surface area contributed by atoms with Crippen LogP contribution in [0, 0.1) is 5.92 Å². The number of carbonyl (C=O) groups excluding carboxylic acids is 1. The van der Waals surface area contributed by atoms with Gasteiger partial charge in [-0.2, -0.15) is 5.10 Å². The molecule has 1 aromatic rings. The van der Waals surface area contributed by atoms with Crippen LogP contribution in [-0.2, 0) is 20.2 Å². The first-order valence-electron chi connectivity index (χ1n) is 9.15. The van der Waals surface area contributed by atoms with Crippen LogP contribution in [0.5, 0.6) is 0 Å². The summed E-state index contributed by atoms with van der Waals surface area (Å²) in [4.78, 5) is 25.8. The fraction of sp³-hybridized carbons (Fsp3) is 0.722. The van der Waals surface area contributed by atoms with Crippen LogP contribution in [0.15, 0.2) is 6.07 Å². The van der Waals surface area contributed by atoms with E-state index in [1.165, 1.54) is 4.90 Å². The van der Waals surface area contributed by atoms with Gasteiger partial charge in [0, 0.05) is 18.8 Å². The average molecular weight is 397 g/mol. The van der Waals surface area contributed by atoms with E-state index < -0.39 is 26.5 Å². The van der Waals surface area contributed by atoms with E-state index in [9.17, 15) is 23.1 Å². The summed E-state index contributed by atoms with van der Waals surface area (Å²) < 4.78 is 25.4. The summed E-state index contributed by atoms with van der Waals surface area (Å²) in [5, 5.41) is 13.9. The van der Waals surface area contributed by atoms with Crippen molar-refractivity contribution in [3.05, 3.63) is 17.5 Å². The lowest BCUT2D eigenvalue weighted by Gasteiger charge is -2.48. The van der Waals surface area contributed by atoms with Gasteiger partial charge in [0.15, 0.2) is 15.5 Å². The summed E-state index contributed by atoms with van der Waals surface area (Å²) in [6, 6.07) is 1.75. The van der Waals surface area contributed by atoms with E-state index in [2.05, 4.69) is 5.10 Å². The normalized spacial score (nSPS) is 23.6. The SMILES string of the molecule is CC(C)c1cc(C(=O)N2CC3(C2)C(C(=O)O)CCS3(=O)=O)nn1C(C)(C)C. The second-order valence-electron chi connectivity index (χ2n) is 8.92. The number of aliphatic carboxylic acids is 1. The van der Waals surface area contributed by atoms with Crippen molar-refractivity contribution in [2.75, 3.05) is 18.8 Å². The zero-order valence-corrected chi connectivity index (χ0v) is 17.2. The van der Waals surface area contributed by atoms with Crippen molar-refractivity contribution in [1.29, 1.82) is 0 Å². The molecular weight excluding hydrogens is 370 g/mol. The molecule has 3 heterocycles. The first-order valence-corrected chi connectivity index (χ1v) is 10.8. The molecule has 2 aliphatic rings. The maximum atomic E-state index is 12.9. The fourth-order valence-electron chi connectivity index (χ4n) is 4.08. The Morgan fingerprint density at radius 2 is 1.89 bits per heavy atom. The number of hydrogen-bond donors (Lipinski definition) is 1. The van der Waals surface area contributed by atoms with Gasteiger partial charge in [0.05, 0.1) is 17.2 Å². The average Bonchev–Trinajstić information content (AvgIpc) is 3.03. The number of carboxylic acids is 1. The Morgan fingerprint density at radius 3 is 2.33 bits per heavy atom. The number of aromatic nitrogens is 2. The summed E-state index contributed by atoms with van der Waals surface area (Å²) in [6.07, 6.45) is 0.107. The monoisotopic (exact) mass is 397 g/mol. The van der Waals surface area contributed by atoms with Gasteiger partial charge in [-0.1, -0.05) is 13.8 Å². The van der Waals surface area contributed by atoms with Gasteiger partial charge in [0.25, 0.3) is 5.91 Å². The maximum Gasteiger partial charge on any atom is 0.308 e. The van der Waals surface area contributed by atoms with Gasteiger partial charge in [-0.05, 0) is 39.2 Å². The van der Waals surface area contributed by atoms with E-state index in [1.54, 1.807) is 6.07 Å². The topological polar surface area (TPSA) is 110 Å². The number of hydrogen-bond acceptors (Lipinski definition) is 5. The van der Waals surface area contributed by atoms with Crippen molar-refractivity contribution >= 4 is 21.7 Å². The zero-order valence-electron chi connectivity index (χ0n) is 16.4. The smallest absolute Gasteiger partial charge is 0.308 e. The van der Waals surface area contributed by atoms with Crippen LogP contribution in [0.4, 0.5) is 0 Å². The fourth-order valence-corrected chi connectivity index (χ4v) is 6.39. The molecule has 1 N–H and O–H groups in total. The molecule has 0 saturated carbocycles. The van der Waals surface area contributed by atoms with Crippen molar-refractivity contribution in [2.24, 2.45) is 5.92 Å². The molecule has 150 valence electrons. The number of carbonyl (C=O) groups is 2. The van der Waals surface area contributed by atoms with Gasteiger partial charge in [-0.15, -0.1) is 0 Å².